The van der Waals surface area contributed by atoms with E-state index in [0.29, 0.717) is 0 Å². The van der Waals surface area contributed by atoms with Crippen LogP contribution in [0.3, 0.4) is 0 Å². The van der Waals surface area contributed by atoms with E-state index >= 15 is 0 Å². The van der Waals surface area contributed by atoms with Gasteiger partial charge in [-0.25, -0.2) is 13.2 Å². The van der Waals surface area contributed by atoms with Crippen molar-refractivity contribution < 1.29 is 27.7 Å². The number of carbonyl (C=O) groups excluding carboxylic acids is 2. The molecule has 0 spiro atoms. The molecule has 2 rings (SSSR count). The van der Waals surface area contributed by atoms with Crippen molar-refractivity contribution in [2.75, 3.05) is 18.4 Å². The highest BCUT2D eigenvalue weighted by Gasteiger charge is 2.26. The maximum Gasteiger partial charge on any atom is 0.340 e. The van der Waals surface area contributed by atoms with E-state index in [-0.39, 0.29) is 39.9 Å². The molecule has 0 heterocycles. The quantitative estimate of drug-likeness (QED) is 0.327. The monoisotopic (exact) mass is 483 g/mol. The Bertz CT molecular complexity index is 1130. The van der Waals surface area contributed by atoms with E-state index in [0.717, 1.165) is 6.07 Å². The average molecular weight is 484 g/mol. The summed E-state index contributed by atoms with van der Waals surface area (Å²) in [6.45, 7) is 5.12. The zero-order valence-corrected chi connectivity index (χ0v) is 19.1. The lowest BCUT2D eigenvalue weighted by atomic mass is 10.2. The van der Waals surface area contributed by atoms with E-state index in [1.54, 1.807) is 13.8 Å². The van der Waals surface area contributed by atoms with Crippen LogP contribution in [0.1, 0.15) is 31.1 Å². The lowest BCUT2D eigenvalue weighted by Crippen LogP contribution is -2.31. The van der Waals surface area contributed by atoms with Gasteiger partial charge in [0.2, 0.25) is 10.0 Å². The minimum atomic E-state index is -3.85. The molecule has 2 aromatic carbocycles. The topological polar surface area (TPSA) is 136 Å². The van der Waals surface area contributed by atoms with Crippen molar-refractivity contribution in [3.63, 3.8) is 0 Å². The van der Waals surface area contributed by atoms with Gasteiger partial charge in [-0.15, -0.1) is 0 Å². The van der Waals surface area contributed by atoms with Gasteiger partial charge in [0.25, 0.3) is 11.6 Å². The van der Waals surface area contributed by atoms with E-state index in [2.05, 4.69) is 5.32 Å². The summed E-state index contributed by atoms with van der Waals surface area (Å²) in [6, 6.07) is 9.12. The van der Waals surface area contributed by atoms with Gasteiger partial charge >= 0.3 is 5.97 Å². The predicted octanol–water partition coefficient (Wildman–Crippen LogP) is 3.46. The van der Waals surface area contributed by atoms with Gasteiger partial charge in [0, 0.05) is 19.2 Å². The third-order valence-corrected chi connectivity index (χ3v) is 6.89. The largest absolute Gasteiger partial charge is 0.449 e. The first-order valence-corrected chi connectivity index (χ1v) is 11.4. The van der Waals surface area contributed by atoms with Crippen molar-refractivity contribution in [3.05, 3.63) is 63.2 Å². The van der Waals surface area contributed by atoms with E-state index in [1.807, 2.05) is 0 Å². The second-order valence-electron chi connectivity index (χ2n) is 6.54. The number of para-hydroxylation sites is 2. The van der Waals surface area contributed by atoms with Crippen LogP contribution in [0.5, 0.6) is 0 Å². The number of rotatable bonds is 9. The Morgan fingerprint density at radius 2 is 1.81 bits per heavy atom. The molecule has 1 unspecified atom stereocenters. The molecule has 1 atom stereocenters. The number of nitro benzene ring substituents is 1. The summed E-state index contributed by atoms with van der Waals surface area (Å²) in [5.41, 5.74) is -0.613. The SMILES string of the molecule is CCN(CC)S(=O)(=O)c1ccc(Cl)c(C(=O)OC(C)C(=O)Nc2ccccc2[N+](=O)[O-])c1. The Labute approximate surface area is 190 Å². The summed E-state index contributed by atoms with van der Waals surface area (Å²) in [6.07, 6.45) is -1.35. The number of esters is 1. The standard InChI is InChI=1S/C20H22ClN3O7S/c1-4-23(5-2)32(29,30)14-10-11-16(21)15(12-14)20(26)31-13(3)19(25)22-17-8-6-7-9-18(17)24(27)28/h6-13H,4-5H2,1-3H3,(H,22,25). The number of carbonyl (C=O) groups is 2. The second-order valence-corrected chi connectivity index (χ2v) is 8.89. The Morgan fingerprint density at radius 3 is 2.41 bits per heavy atom. The highest BCUT2D eigenvalue weighted by Crippen LogP contribution is 2.25. The summed E-state index contributed by atoms with van der Waals surface area (Å²) in [7, 11) is -3.85. The lowest BCUT2D eigenvalue weighted by molar-refractivity contribution is -0.383. The Morgan fingerprint density at radius 1 is 1.19 bits per heavy atom. The van der Waals surface area contributed by atoms with Gasteiger partial charge in [-0.3, -0.25) is 14.9 Å². The van der Waals surface area contributed by atoms with Gasteiger partial charge in [-0.1, -0.05) is 37.6 Å². The molecule has 172 valence electrons. The normalized spacial score (nSPS) is 12.3. The number of nitrogens with one attached hydrogen (secondary N) is 1. The van der Waals surface area contributed by atoms with Gasteiger partial charge in [-0.05, 0) is 31.2 Å². The van der Waals surface area contributed by atoms with Crippen molar-refractivity contribution in [2.45, 2.75) is 31.8 Å². The van der Waals surface area contributed by atoms with Crippen LogP contribution in [0, 0.1) is 10.1 Å². The van der Waals surface area contributed by atoms with Gasteiger partial charge < -0.3 is 10.1 Å². The van der Waals surface area contributed by atoms with Gasteiger partial charge in [0.15, 0.2) is 6.10 Å². The molecule has 12 heteroatoms. The number of ether oxygens (including phenoxy) is 1. The van der Waals surface area contributed by atoms with Crippen LogP contribution in [0.2, 0.25) is 5.02 Å². The van der Waals surface area contributed by atoms with Crippen LogP contribution in [0.25, 0.3) is 0 Å². The number of hydrogen-bond acceptors (Lipinski definition) is 7. The minimum absolute atomic E-state index is 0.0557. The Hall–Kier alpha value is -3.02. The van der Waals surface area contributed by atoms with Crippen LogP contribution < -0.4 is 5.32 Å². The zero-order valence-electron chi connectivity index (χ0n) is 17.6. The maximum atomic E-state index is 12.7. The highest BCUT2D eigenvalue weighted by molar-refractivity contribution is 7.89. The van der Waals surface area contributed by atoms with Crippen LogP contribution in [-0.4, -0.2) is 48.7 Å². The van der Waals surface area contributed by atoms with Crippen LogP contribution in [0.4, 0.5) is 11.4 Å². The third kappa shape index (κ3) is 5.61. The molecule has 0 aliphatic carbocycles. The smallest absolute Gasteiger partial charge is 0.340 e. The summed E-state index contributed by atoms with van der Waals surface area (Å²) >= 11 is 6.05. The first kappa shape index (κ1) is 25.2. The molecule has 0 saturated carbocycles. The lowest BCUT2D eigenvalue weighted by Gasteiger charge is -2.19. The van der Waals surface area contributed by atoms with Crippen molar-refractivity contribution in [2.24, 2.45) is 0 Å². The number of anilines is 1. The number of hydrogen-bond donors (Lipinski definition) is 1. The molecule has 0 bridgehead atoms. The van der Waals surface area contributed by atoms with Crippen molar-refractivity contribution in [1.29, 1.82) is 0 Å². The molecule has 0 aliphatic rings. The first-order chi connectivity index (χ1) is 15.0. The van der Waals surface area contributed by atoms with Gasteiger partial charge in [0.05, 0.1) is 20.4 Å². The summed E-state index contributed by atoms with van der Waals surface area (Å²) in [5, 5.41) is 13.4. The number of halogens is 1. The second kappa shape index (κ2) is 10.5. The summed E-state index contributed by atoms with van der Waals surface area (Å²) < 4.78 is 31.8. The van der Waals surface area contributed by atoms with E-state index in [1.165, 1.54) is 47.6 Å². The van der Waals surface area contributed by atoms with E-state index in [4.69, 9.17) is 16.3 Å². The fraction of sp³-hybridized carbons (Fsp3) is 0.300. The number of nitrogens with zero attached hydrogens (tertiary/aromatic N) is 2. The number of benzene rings is 2. The molecule has 0 radical (unpaired) electrons. The average Bonchev–Trinajstić information content (AvgIpc) is 2.74. The molecule has 0 aromatic heterocycles. The molecule has 32 heavy (non-hydrogen) atoms. The first-order valence-electron chi connectivity index (χ1n) is 9.57. The van der Waals surface area contributed by atoms with Crippen molar-refractivity contribution in [3.8, 4) is 0 Å². The van der Waals surface area contributed by atoms with Gasteiger partial charge in [-0.2, -0.15) is 4.31 Å². The van der Waals surface area contributed by atoms with E-state index in [9.17, 15) is 28.1 Å². The molecular weight excluding hydrogens is 462 g/mol. The minimum Gasteiger partial charge on any atom is -0.449 e. The number of amides is 1. The fourth-order valence-corrected chi connectivity index (χ4v) is 4.46. The third-order valence-electron chi connectivity index (χ3n) is 4.51. The van der Waals surface area contributed by atoms with Crippen molar-refractivity contribution >= 4 is 44.9 Å². The molecule has 1 amide bonds. The molecule has 10 nitrogen and oxygen atoms in total. The Kier molecular flexibility index (Phi) is 8.31. The summed E-state index contributed by atoms with van der Waals surface area (Å²) in [5.74, 6) is -1.83. The predicted molar refractivity (Wildman–Crippen MR) is 118 cm³/mol. The maximum absolute atomic E-state index is 12.7. The summed E-state index contributed by atoms with van der Waals surface area (Å²) in [4.78, 5) is 35.3. The zero-order chi connectivity index (χ0) is 24.1. The van der Waals surface area contributed by atoms with E-state index < -0.39 is 32.9 Å². The molecule has 0 aliphatic heterocycles. The van der Waals surface area contributed by atoms with Crippen LogP contribution in [0.15, 0.2) is 47.4 Å². The van der Waals surface area contributed by atoms with Crippen LogP contribution >= 0.6 is 11.6 Å². The number of nitro groups is 1. The molecule has 0 fully saturated rings. The van der Waals surface area contributed by atoms with Crippen LogP contribution in [-0.2, 0) is 19.6 Å². The molecular formula is C20H22ClN3O7S. The van der Waals surface area contributed by atoms with Crippen molar-refractivity contribution in [1.82, 2.24) is 4.31 Å². The molecule has 0 saturated heterocycles. The highest BCUT2D eigenvalue weighted by atomic mass is 35.5. The van der Waals surface area contributed by atoms with Gasteiger partial charge in [0.1, 0.15) is 5.69 Å². The fourth-order valence-electron chi connectivity index (χ4n) is 2.78. The number of sulfonamides is 1. The molecule has 2 aromatic rings. The Balaban J connectivity index is 2.22. The molecule has 1 N–H and O–H groups in total.